The van der Waals surface area contributed by atoms with Gasteiger partial charge in [0.1, 0.15) is 5.82 Å². The van der Waals surface area contributed by atoms with Crippen LogP contribution in [0, 0.1) is 0 Å². The van der Waals surface area contributed by atoms with Crippen molar-refractivity contribution in [1.82, 2.24) is 10.2 Å². The van der Waals surface area contributed by atoms with Gasteiger partial charge in [-0.15, -0.1) is 5.10 Å². The summed E-state index contributed by atoms with van der Waals surface area (Å²) in [6.45, 7) is 0. The van der Waals surface area contributed by atoms with E-state index in [0.717, 1.165) is 11.1 Å². The van der Waals surface area contributed by atoms with E-state index >= 15 is 0 Å². The summed E-state index contributed by atoms with van der Waals surface area (Å²) in [5, 5.41) is 7.44. The lowest BCUT2D eigenvalue weighted by Crippen LogP contribution is -2.01. The van der Waals surface area contributed by atoms with E-state index in [0.29, 0.717) is 11.4 Å². The predicted octanol–water partition coefficient (Wildman–Crippen LogP) is 1.51. The van der Waals surface area contributed by atoms with Gasteiger partial charge in [0.05, 0.1) is 18.9 Å². The van der Waals surface area contributed by atoms with Crippen LogP contribution in [0.3, 0.4) is 0 Å². The number of aromatic nitrogens is 2. The minimum Gasteiger partial charge on any atom is -0.465 e. The molecule has 0 amide bonds. The molecule has 1 aromatic heterocycles. The van der Waals surface area contributed by atoms with Gasteiger partial charge in [-0.2, -0.15) is 5.10 Å². The molecule has 0 aliphatic rings. The number of hydrogen-bond donors (Lipinski definition) is 1. The van der Waals surface area contributed by atoms with Gasteiger partial charge in [0.15, 0.2) is 0 Å². The molecule has 0 spiro atoms. The molecule has 5 nitrogen and oxygen atoms in total. The molecular formula is C12H11N3O2. The van der Waals surface area contributed by atoms with Crippen molar-refractivity contribution in [3.63, 3.8) is 0 Å². The zero-order valence-electron chi connectivity index (χ0n) is 9.25. The molecule has 1 heterocycles. The number of carbonyl (C=O) groups is 1. The van der Waals surface area contributed by atoms with Gasteiger partial charge >= 0.3 is 5.97 Å². The first-order valence-corrected chi connectivity index (χ1v) is 4.97. The number of esters is 1. The van der Waals surface area contributed by atoms with Crippen molar-refractivity contribution < 1.29 is 9.53 Å². The molecule has 2 aromatic rings. The Morgan fingerprint density at radius 2 is 2.12 bits per heavy atom. The fourth-order valence-electron chi connectivity index (χ4n) is 1.48. The van der Waals surface area contributed by atoms with E-state index in [2.05, 4.69) is 14.9 Å². The molecular weight excluding hydrogens is 218 g/mol. The third-order valence-electron chi connectivity index (χ3n) is 2.29. The molecule has 1 aromatic carbocycles. The lowest BCUT2D eigenvalue weighted by Gasteiger charge is -2.04. The lowest BCUT2D eigenvalue weighted by molar-refractivity contribution is 0.0601. The van der Waals surface area contributed by atoms with Gasteiger partial charge in [-0.1, -0.05) is 12.1 Å². The summed E-state index contributed by atoms with van der Waals surface area (Å²) >= 11 is 0. The monoisotopic (exact) mass is 229 g/mol. The van der Waals surface area contributed by atoms with Gasteiger partial charge < -0.3 is 10.5 Å². The van der Waals surface area contributed by atoms with Crippen molar-refractivity contribution in [2.24, 2.45) is 0 Å². The average Bonchev–Trinajstić information content (AvgIpc) is 2.38. The van der Waals surface area contributed by atoms with Gasteiger partial charge in [-0.3, -0.25) is 0 Å². The Morgan fingerprint density at radius 3 is 2.82 bits per heavy atom. The molecule has 5 heteroatoms. The Balaban J connectivity index is 2.43. The van der Waals surface area contributed by atoms with E-state index in [1.165, 1.54) is 7.11 Å². The summed E-state index contributed by atoms with van der Waals surface area (Å²) < 4.78 is 4.66. The Bertz CT molecular complexity index is 555. The summed E-state index contributed by atoms with van der Waals surface area (Å²) in [4.78, 5) is 11.4. The van der Waals surface area contributed by atoms with Crippen LogP contribution < -0.4 is 5.73 Å². The average molecular weight is 229 g/mol. The summed E-state index contributed by atoms with van der Waals surface area (Å²) in [5.41, 5.74) is 7.69. The second kappa shape index (κ2) is 4.61. The van der Waals surface area contributed by atoms with E-state index < -0.39 is 0 Å². The van der Waals surface area contributed by atoms with Gasteiger partial charge in [-0.05, 0) is 23.8 Å². The fraction of sp³-hybridized carbons (Fsp3) is 0.0833. The first-order valence-electron chi connectivity index (χ1n) is 4.97. The molecule has 0 bridgehead atoms. The Kier molecular flexibility index (Phi) is 3.00. The molecule has 0 saturated carbocycles. The standard InChI is InChI=1S/C12H11N3O2/c1-17-12(16)9-4-2-3-8(5-9)10-6-11(13)15-14-7-10/h2-7H,1H3,(H2,13,15). The van der Waals surface area contributed by atoms with Crippen molar-refractivity contribution in [2.45, 2.75) is 0 Å². The quantitative estimate of drug-likeness (QED) is 0.790. The number of carbonyl (C=O) groups excluding carboxylic acids is 1. The van der Waals surface area contributed by atoms with E-state index in [9.17, 15) is 4.79 Å². The normalized spacial score (nSPS) is 9.94. The summed E-state index contributed by atoms with van der Waals surface area (Å²) in [5.74, 6) is -0.0344. The highest BCUT2D eigenvalue weighted by Crippen LogP contribution is 2.20. The molecule has 0 aliphatic heterocycles. The highest BCUT2D eigenvalue weighted by atomic mass is 16.5. The first-order chi connectivity index (χ1) is 8.20. The number of nitrogens with two attached hydrogens (primary N) is 1. The van der Waals surface area contributed by atoms with E-state index in [1.54, 1.807) is 30.5 Å². The molecule has 0 unspecified atom stereocenters. The van der Waals surface area contributed by atoms with E-state index in [1.807, 2.05) is 6.07 Å². The number of hydrogen-bond acceptors (Lipinski definition) is 5. The first kappa shape index (κ1) is 11.1. The number of methoxy groups -OCH3 is 1. The summed E-state index contributed by atoms with van der Waals surface area (Å²) in [6.07, 6.45) is 1.59. The maximum absolute atomic E-state index is 11.4. The Labute approximate surface area is 98.2 Å². The highest BCUT2D eigenvalue weighted by Gasteiger charge is 2.07. The second-order valence-electron chi connectivity index (χ2n) is 3.44. The van der Waals surface area contributed by atoms with Crippen LogP contribution in [0.1, 0.15) is 10.4 Å². The predicted molar refractivity (Wildman–Crippen MR) is 63.2 cm³/mol. The minimum absolute atomic E-state index is 0.339. The molecule has 0 radical (unpaired) electrons. The van der Waals surface area contributed by atoms with Crippen molar-refractivity contribution in [1.29, 1.82) is 0 Å². The third-order valence-corrected chi connectivity index (χ3v) is 2.29. The molecule has 0 saturated heterocycles. The topological polar surface area (TPSA) is 78.1 Å². The second-order valence-corrected chi connectivity index (χ2v) is 3.44. The van der Waals surface area contributed by atoms with Crippen LogP contribution in [0.5, 0.6) is 0 Å². The zero-order valence-corrected chi connectivity index (χ0v) is 9.25. The van der Waals surface area contributed by atoms with Crippen molar-refractivity contribution in [3.8, 4) is 11.1 Å². The molecule has 0 atom stereocenters. The molecule has 0 fully saturated rings. The maximum Gasteiger partial charge on any atom is 0.337 e. The number of rotatable bonds is 2. The third kappa shape index (κ3) is 2.39. The van der Waals surface area contributed by atoms with Gasteiger partial charge in [0.25, 0.3) is 0 Å². The van der Waals surface area contributed by atoms with Crippen molar-refractivity contribution >= 4 is 11.8 Å². The number of nitrogens with zero attached hydrogens (tertiary/aromatic N) is 2. The van der Waals surface area contributed by atoms with Gasteiger partial charge in [0, 0.05) is 5.56 Å². The number of nitrogen functional groups attached to an aromatic ring is 1. The van der Waals surface area contributed by atoms with Gasteiger partial charge in [-0.25, -0.2) is 4.79 Å². The molecule has 2 N–H and O–H groups in total. The van der Waals surface area contributed by atoms with Crippen LogP contribution >= 0.6 is 0 Å². The minimum atomic E-state index is -0.373. The van der Waals surface area contributed by atoms with E-state index in [4.69, 9.17) is 5.73 Å². The maximum atomic E-state index is 11.4. The largest absolute Gasteiger partial charge is 0.465 e. The SMILES string of the molecule is COC(=O)c1cccc(-c2cnnc(N)c2)c1. The zero-order chi connectivity index (χ0) is 12.3. The molecule has 2 rings (SSSR count). The fourth-order valence-corrected chi connectivity index (χ4v) is 1.48. The Morgan fingerprint density at radius 1 is 1.29 bits per heavy atom. The van der Waals surface area contributed by atoms with Crippen molar-refractivity contribution in [3.05, 3.63) is 42.1 Å². The molecule has 86 valence electrons. The number of benzene rings is 1. The van der Waals surface area contributed by atoms with Crippen molar-refractivity contribution in [2.75, 3.05) is 12.8 Å². The Hall–Kier alpha value is -2.43. The highest BCUT2D eigenvalue weighted by molar-refractivity contribution is 5.90. The van der Waals surface area contributed by atoms with Crippen LogP contribution in [0.25, 0.3) is 11.1 Å². The molecule has 0 aliphatic carbocycles. The lowest BCUT2D eigenvalue weighted by atomic mass is 10.1. The smallest absolute Gasteiger partial charge is 0.337 e. The van der Waals surface area contributed by atoms with E-state index in [-0.39, 0.29) is 5.97 Å². The van der Waals surface area contributed by atoms with Gasteiger partial charge in [0.2, 0.25) is 0 Å². The van der Waals surface area contributed by atoms with Crippen LogP contribution in [0.4, 0.5) is 5.82 Å². The van der Waals surface area contributed by atoms with Crippen LogP contribution in [-0.2, 0) is 4.74 Å². The van der Waals surface area contributed by atoms with Crippen LogP contribution in [0.15, 0.2) is 36.5 Å². The summed E-state index contributed by atoms with van der Waals surface area (Å²) in [6, 6.07) is 8.75. The summed E-state index contributed by atoms with van der Waals surface area (Å²) in [7, 11) is 1.35. The number of ether oxygens (including phenoxy) is 1. The molecule has 17 heavy (non-hydrogen) atoms. The van der Waals surface area contributed by atoms with Crippen LogP contribution in [-0.4, -0.2) is 23.3 Å². The number of anilines is 1. The van der Waals surface area contributed by atoms with Crippen LogP contribution in [0.2, 0.25) is 0 Å².